The van der Waals surface area contributed by atoms with Gasteiger partial charge in [-0.2, -0.15) is 11.3 Å². The van der Waals surface area contributed by atoms with E-state index in [9.17, 15) is 4.79 Å². The fraction of sp³-hybridized carbons (Fsp3) is 0.0833. The molecule has 0 atom stereocenters. The van der Waals surface area contributed by atoms with Gasteiger partial charge in [0.05, 0.1) is 10.6 Å². The summed E-state index contributed by atoms with van der Waals surface area (Å²) < 4.78 is 5.54. The van der Waals surface area contributed by atoms with Gasteiger partial charge in [0.1, 0.15) is 12.4 Å². The van der Waals surface area contributed by atoms with Gasteiger partial charge in [-0.3, -0.25) is 4.79 Å². The molecular weight excluding hydrogens is 279 g/mol. The Labute approximate surface area is 113 Å². The quantitative estimate of drug-likeness (QED) is 0.777. The summed E-state index contributed by atoms with van der Waals surface area (Å²) in [6, 6.07) is 5.04. The van der Waals surface area contributed by atoms with Crippen LogP contribution < -0.4 is 4.74 Å². The predicted octanol–water partition coefficient (Wildman–Crippen LogP) is 4.45. The highest BCUT2D eigenvalue weighted by Gasteiger charge is 2.10. The molecule has 0 aliphatic heterocycles. The Kier molecular flexibility index (Phi) is 4.05. The summed E-state index contributed by atoms with van der Waals surface area (Å²) in [7, 11) is 0. The maximum Gasteiger partial charge on any atom is 0.153 e. The van der Waals surface area contributed by atoms with Crippen molar-refractivity contribution in [3.8, 4) is 5.75 Å². The van der Waals surface area contributed by atoms with E-state index in [-0.39, 0.29) is 0 Å². The van der Waals surface area contributed by atoms with Crippen LogP contribution in [0.4, 0.5) is 0 Å². The molecule has 0 fully saturated rings. The maximum atomic E-state index is 10.9. The second-order valence-electron chi connectivity index (χ2n) is 3.34. The molecule has 0 aliphatic carbocycles. The molecule has 0 radical (unpaired) electrons. The topological polar surface area (TPSA) is 26.3 Å². The van der Waals surface area contributed by atoms with Crippen LogP contribution in [0.3, 0.4) is 0 Å². The molecule has 2 aromatic rings. The minimum absolute atomic E-state index is 0.342. The Morgan fingerprint density at radius 1 is 1.35 bits per heavy atom. The fourth-order valence-electron chi connectivity index (χ4n) is 1.35. The molecule has 5 heteroatoms. The van der Waals surface area contributed by atoms with Gasteiger partial charge < -0.3 is 4.74 Å². The lowest BCUT2D eigenvalue weighted by molar-refractivity contribution is 0.111. The van der Waals surface area contributed by atoms with Crippen LogP contribution in [0, 0.1) is 0 Å². The Hall–Kier alpha value is -1.03. The SMILES string of the molecule is O=Cc1cc(Cl)cc(Cl)c1OCc1ccsc1. The second-order valence-corrected chi connectivity index (χ2v) is 4.97. The van der Waals surface area contributed by atoms with Gasteiger partial charge in [0.15, 0.2) is 6.29 Å². The molecule has 0 aliphatic rings. The largest absolute Gasteiger partial charge is 0.487 e. The first-order valence-electron chi connectivity index (χ1n) is 4.79. The van der Waals surface area contributed by atoms with E-state index in [1.165, 1.54) is 6.07 Å². The molecule has 1 aromatic carbocycles. The van der Waals surface area contributed by atoms with Gasteiger partial charge in [-0.25, -0.2) is 0 Å². The third-order valence-corrected chi connectivity index (χ3v) is 3.36. The van der Waals surface area contributed by atoms with Gasteiger partial charge >= 0.3 is 0 Å². The van der Waals surface area contributed by atoms with Crippen molar-refractivity contribution in [3.05, 3.63) is 50.1 Å². The van der Waals surface area contributed by atoms with E-state index in [1.807, 2.05) is 16.8 Å². The Bertz CT molecular complexity index is 524. The number of carbonyl (C=O) groups is 1. The van der Waals surface area contributed by atoms with Crippen molar-refractivity contribution in [1.29, 1.82) is 0 Å². The summed E-state index contributed by atoms with van der Waals surface area (Å²) in [6.07, 6.45) is 0.681. The zero-order chi connectivity index (χ0) is 12.3. The molecule has 1 aromatic heterocycles. The summed E-state index contributed by atoms with van der Waals surface area (Å²) in [5.41, 5.74) is 1.40. The minimum atomic E-state index is 0.342. The number of aldehydes is 1. The zero-order valence-electron chi connectivity index (χ0n) is 8.65. The molecule has 0 saturated carbocycles. The monoisotopic (exact) mass is 286 g/mol. The average molecular weight is 287 g/mol. The van der Waals surface area contributed by atoms with Crippen LogP contribution in [0.25, 0.3) is 0 Å². The summed E-state index contributed by atoms with van der Waals surface area (Å²) >= 11 is 13.4. The van der Waals surface area contributed by atoms with E-state index < -0.39 is 0 Å². The lowest BCUT2D eigenvalue weighted by Crippen LogP contribution is -1.98. The molecule has 1 heterocycles. The lowest BCUT2D eigenvalue weighted by atomic mass is 10.2. The van der Waals surface area contributed by atoms with Crippen molar-refractivity contribution in [2.45, 2.75) is 6.61 Å². The van der Waals surface area contributed by atoms with Crippen LogP contribution in [0.15, 0.2) is 29.0 Å². The van der Waals surface area contributed by atoms with E-state index in [4.69, 9.17) is 27.9 Å². The highest BCUT2D eigenvalue weighted by molar-refractivity contribution is 7.07. The standard InChI is InChI=1S/C12H8Cl2O2S/c13-10-3-9(5-15)12(11(14)4-10)16-6-8-1-2-17-7-8/h1-5,7H,6H2. The Balaban J connectivity index is 2.22. The molecule has 0 saturated heterocycles. The van der Waals surface area contributed by atoms with Crippen molar-refractivity contribution in [2.75, 3.05) is 0 Å². The zero-order valence-corrected chi connectivity index (χ0v) is 11.0. The minimum Gasteiger partial charge on any atom is -0.487 e. The maximum absolute atomic E-state index is 10.9. The van der Waals surface area contributed by atoms with Crippen LogP contribution in [0.2, 0.25) is 10.0 Å². The van der Waals surface area contributed by atoms with Crippen LogP contribution in [-0.4, -0.2) is 6.29 Å². The Morgan fingerprint density at radius 3 is 2.82 bits per heavy atom. The molecule has 0 N–H and O–H groups in total. The first-order valence-corrected chi connectivity index (χ1v) is 6.48. The first kappa shape index (κ1) is 12.4. The van der Waals surface area contributed by atoms with Gasteiger partial charge in [0, 0.05) is 5.02 Å². The number of thiophene rings is 1. The molecular formula is C12H8Cl2O2S. The lowest BCUT2D eigenvalue weighted by Gasteiger charge is -2.09. The second kappa shape index (κ2) is 5.54. The highest BCUT2D eigenvalue weighted by atomic mass is 35.5. The van der Waals surface area contributed by atoms with Gasteiger partial charge in [0.25, 0.3) is 0 Å². The normalized spacial score (nSPS) is 10.2. The van der Waals surface area contributed by atoms with E-state index in [0.717, 1.165) is 5.56 Å². The summed E-state index contributed by atoms with van der Waals surface area (Å²) in [4.78, 5) is 10.9. The van der Waals surface area contributed by atoms with Gasteiger partial charge in [0.2, 0.25) is 0 Å². The molecule has 17 heavy (non-hydrogen) atoms. The molecule has 2 rings (SSSR count). The number of halogens is 2. The van der Waals surface area contributed by atoms with Gasteiger partial charge in [-0.1, -0.05) is 23.2 Å². The van der Waals surface area contributed by atoms with Crippen molar-refractivity contribution in [3.63, 3.8) is 0 Å². The highest BCUT2D eigenvalue weighted by Crippen LogP contribution is 2.32. The number of hydrogen-bond donors (Lipinski definition) is 0. The number of hydrogen-bond acceptors (Lipinski definition) is 3. The number of benzene rings is 1. The molecule has 0 unspecified atom stereocenters. The summed E-state index contributed by atoms with van der Waals surface area (Å²) in [5, 5.41) is 4.70. The Morgan fingerprint density at radius 2 is 2.18 bits per heavy atom. The van der Waals surface area contributed by atoms with E-state index in [2.05, 4.69) is 0 Å². The predicted molar refractivity (Wildman–Crippen MR) is 70.5 cm³/mol. The summed E-state index contributed by atoms with van der Waals surface area (Å²) in [6.45, 7) is 0.381. The van der Waals surface area contributed by atoms with Crippen LogP contribution in [-0.2, 0) is 6.61 Å². The molecule has 0 amide bonds. The number of carbonyl (C=O) groups excluding carboxylic acids is 1. The first-order chi connectivity index (χ1) is 8.20. The average Bonchev–Trinajstić information content (AvgIpc) is 2.79. The molecule has 88 valence electrons. The number of rotatable bonds is 4. The van der Waals surface area contributed by atoms with Gasteiger partial charge in [-0.05, 0) is 34.5 Å². The van der Waals surface area contributed by atoms with Crippen LogP contribution in [0.1, 0.15) is 15.9 Å². The van der Waals surface area contributed by atoms with Crippen molar-refractivity contribution >= 4 is 40.8 Å². The van der Waals surface area contributed by atoms with Crippen molar-refractivity contribution < 1.29 is 9.53 Å². The smallest absolute Gasteiger partial charge is 0.153 e. The van der Waals surface area contributed by atoms with Crippen molar-refractivity contribution in [2.24, 2.45) is 0 Å². The van der Waals surface area contributed by atoms with E-state index >= 15 is 0 Å². The van der Waals surface area contributed by atoms with Gasteiger partial charge in [-0.15, -0.1) is 0 Å². The third kappa shape index (κ3) is 3.00. The number of ether oxygens (including phenoxy) is 1. The molecule has 0 bridgehead atoms. The molecule has 2 nitrogen and oxygen atoms in total. The van der Waals surface area contributed by atoms with Crippen LogP contribution in [0.5, 0.6) is 5.75 Å². The fourth-order valence-corrected chi connectivity index (χ4v) is 2.57. The molecule has 0 spiro atoms. The van der Waals surface area contributed by atoms with Crippen molar-refractivity contribution in [1.82, 2.24) is 0 Å². The summed E-state index contributed by atoms with van der Waals surface area (Å²) in [5.74, 6) is 0.372. The third-order valence-electron chi connectivity index (χ3n) is 2.13. The van der Waals surface area contributed by atoms with E-state index in [0.29, 0.717) is 34.3 Å². The van der Waals surface area contributed by atoms with E-state index in [1.54, 1.807) is 17.4 Å². The van der Waals surface area contributed by atoms with Crippen LogP contribution >= 0.6 is 34.5 Å².